The van der Waals surface area contributed by atoms with Crippen LogP contribution in [0.2, 0.25) is 0 Å². The van der Waals surface area contributed by atoms with Crippen LogP contribution in [0.5, 0.6) is 0 Å². The molecule has 6 heteroatoms. The van der Waals surface area contributed by atoms with E-state index in [4.69, 9.17) is 0 Å². The van der Waals surface area contributed by atoms with Crippen LogP contribution in [-0.2, 0) is 18.6 Å². The summed E-state index contributed by atoms with van der Waals surface area (Å²) in [6, 6.07) is 0. The van der Waals surface area contributed by atoms with Crippen LogP contribution in [0.15, 0.2) is 12.3 Å². The third-order valence-corrected chi connectivity index (χ3v) is 1.06. The number of hydrogen-bond acceptors (Lipinski definition) is 5. The number of hydrogen-bond donors (Lipinski definition) is 0. The summed E-state index contributed by atoms with van der Waals surface area (Å²) in [4.78, 5) is 20.4. The molecule has 1 atom stereocenters. The molecular weight excluding hydrogens is 171 g/mol. The van der Waals surface area contributed by atoms with E-state index in [-0.39, 0.29) is 6.61 Å². The third kappa shape index (κ3) is 4.47. The van der Waals surface area contributed by atoms with E-state index >= 15 is 0 Å². The fraction of sp³-hybridized carbons (Fsp3) is 0.400. The van der Waals surface area contributed by atoms with Crippen LogP contribution in [-0.4, -0.2) is 12.6 Å². The highest BCUT2D eigenvalue weighted by Gasteiger charge is 2.15. The molecule has 0 saturated carbocycles. The van der Waals surface area contributed by atoms with Gasteiger partial charge in [0.1, 0.15) is 0 Å². The molecule has 1 unspecified atom stereocenters. The summed E-state index contributed by atoms with van der Waals surface area (Å²) in [7, 11) is -3.08. The van der Waals surface area contributed by atoms with E-state index in [0.717, 1.165) is 0 Å². The first kappa shape index (κ1) is 10.1. The summed E-state index contributed by atoms with van der Waals surface area (Å²) >= 11 is 0. The third-order valence-electron chi connectivity index (χ3n) is 0.688. The monoisotopic (exact) mass is 178 g/mol. The first-order valence-corrected chi connectivity index (χ1v) is 3.85. The Kier molecular flexibility index (Phi) is 4.41. The number of esters is 1. The Balaban J connectivity index is 3.83. The Morgan fingerprint density at radius 2 is 2.27 bits per heavy atom. The molecule has 0 bridgehead atoms. The molecule has 62 valence electrons. The molecule has 0 aromatic rings. The maximum absolute atomic E-state index is 10.6. The average Bonchev–Trinajstić information content (AvgIpc) is 1.86. The van der Waals surface area contributed by atoms with E-state index in [9.17, 15) is 14.3 Å². The molecule has 0 aliphatic rings. The topological polar surface area (TPSA) is 75.7 Å². The van der Waals surface area contributed by atoms with Crippen LogP contribution in [0.1, 0.15) is 6.92 Å². The van der Waals surface area contributed by atoms with Crippen molar-refractivity contribution in [3.05, 3.63) is 12.3 Å². The largest absolute Gasteiger partial charge is 0.558 e. The lowest BCUT2D eigenvalue weighted by Crippen LogP contribution is -2.08. The highest BCUT2D eigenvalue weighted by atomic mass is 31.1. The predicted octanol–water partition coefficient (Wildman–Crippen LogP) is 0.0975. The van der Waals surface area contributed by atoms with E-state index in [1.54, 1.807) is 6.92 Å². The molecule has 0 fully saturated rings. The Labute approximate surface area is 64.6 Å². The Morgan fingerprint density at radius 1 is 1.73 bits per heavy atom. The van der Waals surface area contributed by atoms with Crippen molar-refractivity contribution in [3.63, 3.8) is 0 Å². The van der Waals surface area contributed by atoms with Crippen molar-refractivity contribution in [3.8, 4) is 0 Å². The van der Waals surface area contributed by atoms with Crippen molar-refractivity contribution in [2.75, 3.05) is 6.61 Å². The lowest BCUT2D eigenvalue weighted by molar-refractivity contribution is -0.184. The minimum Gasteiger partial charge on any atom is -0.558 e. The Bertz CT molecular complexity index is 187. The van der Waals surface area contributed by atoms with Gasteiger partial charge < -0.3 is 9.63 Å². The van der Waals surface area contributed by atoms with Crippen LogP contribution >= 0.6 is 8.25 Å². The number of carbonyl (C=O) groups excluding carboxylic acids is 1. The van der Waals surface area contributed by atoms with Gasteiger partial charge in [0.2, 0.25) is 0 Å². The standard InChI is InChI=1S/C5H7O5P/c1-3-9-5(6)4(2)10-11(7)8/h2-3H2,1H3. The van der Waals surface area contributed by atoms with Crippen LogP contribution in [0.4, 0.5) is 0 Å². The minimum atomic E-state index is -3.08. The fourth-order valence-corrected chi connectivity index (χ4v) is 0.593. The summed E-state index contributed by atoms with van der Waals surface area (Å²) in [6.07, 6.45) is 0. The molecule has 0 aromatic carbocycles. The molecule has 0 aromatic heterocycles. The van der Waals surface area contributed by atoms with Gasteiger partial charge in [-0.3, -0.25) is 0 Å². The van der Waals surface area contributed by atoms with Gasteiger partial charge in [-0.15, -0.1) is 0 Å². The van der Waals surface area contributed by atoms with Crippen LogP contribution < -0.4 is 4.89 Å². The molecule has 0 radical (unpaired) electrons. The summed E-state index contributed by atoms with van der Waals surface area (Å²) in [5.41, 5.74) is 0. The van der Waals surface area contributed by atoms with Crippen molar-refractivity contribution in [2.45, 2.75) is 6.92 Å². The molecule has 0 aliphatic heterocycles. The van der Waals surface area contributed by atoms with Crippen LogP contribution in [0.3, 0.4) is 0 Å². The van der Waals surface area contributed by atoms with Gasteiger partial charge in [-0.1, -0.05) is 0 Å². The molecule has 0 amide bonds. The quantitative estimate of drug-likeness (QED) is 0.264. The van der Waals surface area contributed by atoms with Gasteiger partial charge in [0.15, 0.2) is 0 Å². The number of rotatable bonds is 4. The summed E-state index contributed by atoms with van der Waals surface area (Å²) in [5, 5.41) is 0. The SMILES string of the molecule is C=C(O[P+](=O)[O-])C(=O)OCC. The molecule has 0 rings (SSSR count). The molecular formula is C5H7O5P. The fourth-order valence-electron chi connectivity index (χ4n) is 0.339. The van der Waals surface area contributed by atoms with E-state index in [2.05, 4.69) is 15.8 Å². The molecule has 0 saturated heterocycles. The van der Waals surface area contributed by atoms with Gasteiger partial charge in [-0.25, -0.2) is 9.32 Å². The van der Waals surface area contributed by atoms with Gasteiger partial charge in [0.25, 0.3) is 5.76 Å². The van der Waals surface area contributed by atoms with E-state index in [0.29, 0.717) is 0 Å². The van der Waals surface area contributed by atoms with Crippen molar-refractivity contribution in [1.29, 1.82) is 0 Å². The molecule has 5 nitrogen and oxygen atoms in total. The van der Waals surface area contributed by atoms with Gasteiger partial charge in [-0.2, -0.15) is 0 Å². The first-order valence-electron chi connectivity index (χ1n) is 2.76. The second-order valence-electron chi connectivity index (χ2n) is 1.46. The van der Waals surface area contributed by atoms with Crippen molar-refractivity contribution in [1.82, 2.24) is 0 Å². The molecule has 0 spiro atoms. The zero-order valence-corrected chi connectivity index (χ0v) is 6.80. The van der Waals surface area contributed by atoms with Gasteiger partial charge in [0.05, 0.1) is 6.61 Å². The van der Waals surface area contributed by atoms with Gasteiger partial charge >= 0.3 is 14.2 Å². The molecule has 11 heavy (non-hydrogen) atoms. The van der Waals surface area contributed by atoms with E-state index in [1.165, 1.54) is 0 Å². The smallest absolute Gasteiger partial charge is 0.539 e. The summed E-state index contributed by atoms with van der Waals surface area (Å²) < 4.78 is 18.2. The summed E-state index contributed by atoms with van der Waals surface area (Å²) in [6.45, 7) is 4.77. The van der Waals surface area contributed by atoms with Crippen LogP contribution in [0, 0.1) is 0 Å². The number of carbonyl (C=O) groups is 1. The molecule has 0 heterocycles. The summed E-state index contributed by atoms with van der Waals surface area (Å²) in [5.74, 6) is -1.39. The molecule has 0 aliphatic carbocycles. The maximum atomic E-state index is 10.6. The van der Waals surface area contributed by atoms with Crippen molar-refractivity contribution < 1.29 is 23.5 Å². The zero-order valence-electron chi connectivity index (χ0n) is 5.90. The molecule has 0 N–H and O–H groups in total. The lowest BCUT2D eigenvalue weighted by atomic mass is 10.6. The van der Waals surface area contributed by atoms with Crippen molar-refractivity contribution >= 4 is 14.2 Å². The Morgan fingerprint density at radius 3 is 2.64 bits per heavy atom. The first-order chi connectivity index (χ1) is 5.07. The highest BCUT2D eigenvalue weighted by Crippen LogP contribution is 2.15. The predicted molar refractivity (Wildman–Crippen MR) is 34.5 cm³/mol. The lowest BCUT2D eigenvalue weighted by Gasteiger charge is -1.98. The van der Waals surface area contributed by atoms with Gasteiger partial charge in [-0.05, 0) is 18.1 Å². The second kappa shape index (κ2) is 4.82. The normalized spacial score (nSPS) is 10.2. The van der Waals surface area contributed by atoms with Crippen molar-refractivity contribution in [2.24, 2.45) is 0 Å². The second-order valence-corrected chi connectivity index (χ2v) is 2.09. The number of ether oxygens (including phenoxy) is 1. The maximum Gasteiger partial charge on any atom is 0.539 e. The van der Waals surface area contributed by atoms with E-state index < -0.39 is 20.0 Å². The average molecular weight is 178 g/mol. The Hall–Kier alpha value is -0.930. The zero-order chi connectivity index (χ0) is 8.85. The van der Waals surface area contributed by atoms with E-state index in [1.807, 2.05) is 0 Å². The van der Waals surface area contributed by atoms with Gasteiger partial charge in [0, 0.05) is 0 Å². The minimum absolute atomic E-state index is 0.150. The van der Waals surface area contributed by atoms with Crippen LogP contribution in [0.25, 0.3) is 0 Å². The highest BCUT2D eigenvalue weighted by molar-refractivity contribution is 7.30.